The third-order valence-electron chi connectivity index (χ3n) is 4.98. The van der Waals surface area contributed by atoms with Crippen LogP contribution in [-0.2, 0) is 5.41 Å². The van der Waals surface area contributed by atoms with E-state index >= 15 is 0 Å². The van der Waals surface area contributed by atoms with Gasteiger partial charge in [0.2, 0.25) is 5.95 Å². The third-order valence-corrected chi connectivity index (χ3v) is 4.98. The maximum Gasteiger partial charge on any atom is 0.225 e. The fraction of sp³-hybridized carbons (Fsp3) is 0.450. The van der Waals surface area contributed by atoms with Crippen molar-refractivity contribution in [2.75, 3.05) is 43.1 Å². The van der Waals surface area contributed by atoms with Gasteiger partial charge in [-0.1, -0.05) is 20.8 Å². The summed E-state index contributed by atoms with van der Waals surface area (Å²) in [6.45, 7) is 10.2. The zero-order valence-electron chi connectivity index (χ0n) is 16.4. The maximum absolute atomic E-state index is 5.13. The van der Waals surface area contributed by atoms with Gasteiger partial charge in [0.1, 0.15) is 5.65 Å². The molecule has 0 N–H and O–H groups in total. The summed E-state index contributed by atoms with van der Waals surface area (Å²) >= 11 is 0. The average Bonchev–Trinajstić information content (AvgIpc) is 3.12. The molecule has 0 spiro atoms. The molecule has 7 nitrogen and oxygen atoms in total. The van der Waals surface area contributed by atoms with Crippen LogP contribution in [0.25, 0.3) is 5.65 Å². The lowest BCUT2D eigenvalue weighted by molar-refractivity contribution is 0.410. The predicted octanol–water partition coefficient (Wildman–Crippen LogP) is 2.76. The quantitative estimate of drug-likeness (QED) is 0.710. The number of imidazole rings is 1. The highest BCUT2D eigenvalue weighted by atomic mass is 16.5. The SMILES string of the molecule is COc1cnc(N2CCN(c3ccc4nc(C(C)(C)C)cn4c3)CC2)nc1. The Labute approximate surface area is 159 Å². The number of methoxy groups -OCH3 is 1. The summed E-state index contributed by atoms with van der Waals surface area (Å²) in [4.78, 5) is 18.1. The Morgan fingerprint density at radius 1 is 0.926 bits per heavy atom. The van der Waals surface area contributed by atoms with E-state index < -0.39 is 0 Å². The molecule has 1 aliphatic rings. The molecule has 27 heavy (non-hydrogen) atoms. The van der Waals surface area contributed by atoms with Gasteiger partial charge in [0.25, 0.3) is 0 Å². The second-order valence-electron chi connectivity index (χ2n) is 7.93. The molecule has 0 radical (unpaired) electrons. The van der Waals surface area contributed by atoms with Crippen LogP contribution < -0.4 is 14.5 Å². The molecule has 0 aromatic carbocycles. The van der Waals surface area contributed by atoms with Crippen LogP contribution >= 0.6 is 0 Å². The van der Waals surface area contributed by atoms with Crippen LogP contribution in [0.1, 0.15) is 26.5 Å². The van der Waals surface area contributed by atoms with Crippen molar-refractivity contribution in [1.82, 2.24) is 19.4 Å². The highest BCUT2D eigenvalue weighted by molar-refractivity contribution is 5.54. The molecule has 1 aliphatic heterocycles. The van der Waals surface area contributed by atoms with Crippen LogP contribution in [0.3, 0.4) is 0 Å². The Balaban J connectivity index is 1.47. The maximum atomic E-state index is 5.13. The zero-order chi connectivity index (χ0) is 19.0. The summed E-state index contributed by atoms with van der Waals surface area (Å²) in [5.41, 5.74) is 3.38. The van der Waals surface area contributed by atoms with Gasteiger partial charge in [0, 0.05) is 44.0 Å². The summed E-state index contributed by atoms with van der Waals surface area (Å²) in [6, 6.07) is 4.26. The minimum Gasteiger partial charge on any atom is -0.494 e. The van der Waals surface area contributed by atoms with Gasteiger partial charge in [-0.3, -0.25) is 0 Å². The molecule has 1 saturated heterocycles. The summed E-state index contributed by atoms with van der Waals surface area (Å²) in [7, 11) is 1.62. The van der Waals surface area contributed by atoms with Crippen LogP contribution in [-0.4, -0.2) is 52.6 Å². The molecule has 3 aromatic heterocycles. The van der Waals surface area contributed by atoms with Gasteiger partial charge >= 0.3 is 0 Å². The first-order chi connectivity index (χ1) is 12.9. The standard InChI is InChI=1S/C20H26N6O/c1-20(2,3)17-14-26-13-15(5-6-18(26)23-17)24-7-9-25(10-8-24)19-21-11-16(27-4)12-22-19/h5-6,11-14H,7-10H2,1-4H3. The van der Waals surface area contributed by atoms with Crippen LogP contribution in [0.5, 0.6) is 5.75 Å². The van der Waals surface area contributed by atoms with E-state index in [4.69, 9.17) is 9.72 Å². The van der Waals surface area contributed by atoms with Crippen LogP contribution in [0.2, 0.25) is 0 Å². The molecule has 4 rings (SSSR count). The van der Waals surface area contributed by atoms with Crippen LogP contribution in [0.4, 0.5) is 11.6 Å². The van der Waals surface area contributed by atoms with Crippen molar-refractivity contribution in [2.45, 2.75) is 26.2 Å². The van der Waals surface area contributed by atoms with E-state index in [1.165, 1.54) is 5.69 Å². The minimum absolute atomic E-state index is 0.0518. The first-order valence-electron chi connectivity index (χ1n) is 9.29. The zero-order valence-corrected chi connectivity index (χ0v) is 16.4. The van der Waals surface area contributed by atoms with Gasteiger partial charge in [-0.2, -0.15) is 0 Å². The molecule has 0 saturated carbocycles. The number of fused-ring (bicyclic) bond motifs is 1. The molecule has 7 heteroatoms. The van der Waals surface area contributed by atoms with Gasteiger partial charge in [-0.05, 0) is 12.1 Å². The second-order valence-corrected chi connectivity index (χ2v) is 7.93. The lowest BCUT2D eigenvalue weighted by atomic mass is 9.93. The number of anilines is 2. The monoisotopic (exact) mass is 366 g/mol. The topological polar surface area (TPSA) is 58.8 Å². The number of rotatable bonds is 3. The third kappa shape index (κ3) is 3.54. The normalized spacial score (nSPS) is 15.4. The minimum atomic E-state index is 0.0518. The molecule has 0 bridgehead atoms. The summed E-state index contributed by atoms with van der Waals surface area (Å²) in [5.74, 6) is 1.44. The van der Waals surface area contributed by atoms with E-state index in [9.17, 15) is 0 Å². The van der Waals surface area contributed by atoms with Crippen LogP contribution in [0.15, 0.2) is 36.9 Å². The lowest BCUT2D eigenvalue weighted by Gasteiger charge is -2.36. The first kappa shape index (κ1) is 17.6. The van der Waals surface area contributed by atoms with E-state index in [1.807, 2.05) is 0 Å². The predicted molar refractivity (Wildman–Crippen MR) is 107 cm³/mol. The molecule has 0 unspecified atom stereocenters. The van der Waals surface area contributed by atoms with Crippen molar-refractivity contribution < 1.29 is 4.74 Å². The number of ether oxygens (including phenoxy) is 1. The van der Waals surface area contributed by atoms with Crippen LogP contribution in [0, 0.1) is 0 Å². The van der Waals surface area contributed by atoms with Gasteiger partial charge in [-0.15, -0.1) is 0 Å². The lowest BCUT2D eigenvalue weighted by Crippen LogP contribution is -2.47. The second kappa shape index (κ2) is 6.72. The fourth-order valence-corrected chi connectivity index (χ4v) is 3.27. The number of nitrogens with zero attached hydrogens (tertiary/aromatic N) is 6. The molecule has 0 aliphatic carbocycles. The number of piperazine rings is 1. The molecule has 1 fully saturated rings. The largest absolute Gasteiger partial charge is 0.494 e. The van der Waals surface area contributed by atoms with E-state index in [-0.39, 0.29) is 5.41 Å². The summed E-state index contributed by atoms with van der Waals surface area (Å²) in [5, 5.41) is 0. The van der Waals surface area contributed by atoms with Gasteiger partial charge in [0.15, 0.2) is 5.75 Å². The number of hydrogen-bond donors (Lipinski definition) is 0. The molecular formula is C20H26N6O. The molecular weight excluding hydrogens is 340 g/mol. The molecule has 142 valence electrons. The van der Waals surface area contributed by atoms with E-state index in [1.54, 1.807) is 19.5 Å². The highest BCUT2D eigenvalue weighted by Gasteiger charge is 2.21. The highest BCUT2D eigenvalue weighted by Crippen LogP contribution is 2.24. The molecule has 3 aromatic rings. The van der Waals surface area contributed by atoms with E-state index in [0.29, 0.717) is 5.75 Å². The van der Waals surface area contributed by atoms with Crippen molar-refractivity contribution in [3.05, 3.63) is 42.6 Å². The first-order valence-corrected chi connectivity index (χ1v) is 9.29. The van der Waals surface area contributed by atoms with Gasteiger partial charge in [-0.25, -0.2) is 15.0 Å². The Bertz CT molecular complexity index is 920. The van der Waals surface area contributed by atoms with Gasteiger partial charge in [0.05, 0.1) is 30.9 Å². The Morgan fingerprint density at radius 3 is 2.22 bits per heavy atom. The smallest absolute Gasteiger partial charge is 0.225 e. The van der Waals surface area contributed by atoms with Gasteiger partial charge < -0.3 is 18.9 Å². The fourth-order valence-electron chi connectivity index (χ4n) is 3.27. The Morgan fingerprint density at radius 2 is 1.59 bits per heavy atom. The molecule has 0 atom stereocenters. The number of pyridine rings is 1. The number of hydrogen-bond acceptors (Lipinski definition) is 6. The van der Waals surface area contributed by atoms with E-state index in [0.717, 1.165) is 43.5 Å². The van der Waals surface area contributed by atoms with Crippen molar-refractivity contribution in [1.29, 1.82) is 0 Å². The van der Waals surface area contributed by atoms with Crippen molar-refractivity contribution in [3.8, 4) is 5.75 Å². The average molecular weight is 366 g/mol. The number of aromatic nitrogens is 4. The molecule has 0 amide bonds. The summed E-state index contributed by atoms with van der Waals surface area (Å²) in [6.07, 6.45) is 7.75. The van der Waals surface area contributed by atoms with E-state index in [2.05, 4.69) is 69.5 Å². The molecule has 4 heterocycles. The Kier molecular flexibility index (Phi) is 4.37. The van der Waals surface area contributed by atoms with Crippen molar-refractivity contribution in [2.24, 2.45) is 0 Å². The van der Waals surface area contributed by atoms with Crippen molar-refractivity contribution in [3.63, 3.8) is 0 Å². The van der Waals surface area contributed by atoms with Crippen molar-refractivity contribution >= 4 is 17.3 Å². The summed E-state index contributed by atoms with van der Waals surface area (Å²) < 4.78 is 7.26. The Hall–Kier alpha value is -2.83.